The molecule has 4 heteroatoms. The minimum atomic E-state index is -0.609. The smallest absolute Gasteiger partial charge is 0.231 e. The third-order valence-electron chi connectivity index (χ3n) is 2.06. The van der Waals surface area contributed by atoms with Crippen LogP contribution in [0.3, 0.4) is 0 Å². The third-order valence-corrected chi connectivity index (χ3v) is 3.11. The normalized spacial score (nSPS) is 27.7. The second-order valence-corrected chi connectivity index (χ2v) is 4.36. The molecule has 0 saturated heterocycles. The molecular weight excluding hydrogens is 255 g/mol. The fourth-order valence-electron chi connectivity index (χ4n) is 1.13. The first-order valence-corrected chi connectivity index (χ1v) is 4.99. The first-order valence-electron chi connectivity index (χ1n) is 3.82. The Labute approximate surface area is 90.7 Å². The number of carbonyl (C=O) groups excluding carboxylic acids is 1. The van der Waals surface area contributed by atoms with E-state index in [1.165, 1.54) is 0 Å². The zero-order valence-electron chi connectivity index (χ0n) is 7.43. The van der Waals surface area contributed by atoms with E-state index in [0.717, 1.165) is 10.2 Å². The number of ether oxygens (including phenoxy) is 1. The summed E-state index contributed by atoms with van der Waals surface area (Å²) in [7, 11) is 1.59. The highest BCUT2D eigenvalue weighted by Gasteiger charge is 2.32. The summed E-state index contributed by atoms with van der Waals surface area (Å²) in [4.78, 5) is 11.1. The van der Waals surface area contributed by atoms with E-state index in [9.17, 15) is 4.79 Å². The predicted octanol–water partition coefficient (Wildman–Crippen LogP) is 2.97. The SMILES string of the molecule is COC1=CCC(C)(C(=O)Cl)C=C1Br. The van der Waals surface area contributed by atoms with Gasteiger partial charge in [0.2, 0.25) is 5.24 Å². The van der Waals surface area contributed by atoms with Gasteiger partial charge in [0, 0.05) is 0 Å². The number of carbonyl (C=O) groups is 1. The maximum atomic E-state index is 11.1. The van der Waals surface area contributed by atoms with Crippen LogP contribution < -0.4 is 0 Å². The molecule has 0 bridgehead atoms. The molecule has 0 amide bonds. The van der Waals surface area contributed by atoms with Gasteiger partial charge in [0.15, 0.2) is 0 Å². The minimum absolute atomic E-state index is 0.351. The van der Waals surface area contributed by atoms with Crippen LogP contribution in [0.4, 0.5) is 0 Å². The van der Waals surface area contributed by atoms with Crippen molar-refractivity contribution in [2.75, 3.05) is 7.11 Å². The lowest BCUT2D eigenvalue weighted by Crippen LogP contribution is -2.23. The molecule has 0 spiro atoms. The molecule has 1 aliphatic rings. The van der Waals surface area contributed by atoms with Crippen LogP contribution in [0.15, 0.2) is 22.4 Å². The van der Waals surface area contributed by atoms with Gasteiger partial charge in [-0.25, -0.2) is 0 Å². The Morgan fingerprint density at radius 1 is 1.77 bits per heavy atom. The zero-order chi connectivity index (χ0) is 10.1. The third kappa shape index (κ3) is 2.15. The van der Waals surface area contributed by atoms with Crippen molar-refractivity contribution in [3.05, 3.63) is 22.4 Å². The van der Waals surface area contributed by atoms with E-state index >= 15 is 0 Å². The van der Waals surface area contributed by atoms with Gasteiger partial charge in [0.25, 0.3) is 0 Å². The number of methoxy groups -OCH3 is 1. The predicted molar refractivity (Wildman–Crippen MR) is 55.7 cm³/mol. The number of allylic oxidation sites excluding steroid dienone is 3. The van der Waals surface area contributed by atoms with Gasteiger partial charge in [-0.15, -0.1) is 0 Å². The van der Waals surface area contributed by atoms with Crippen LogP contribution in [0.2, 0.25) is 0 Å². The van der Waals surface area contributed by atoms with Crippen molar-refractivity contribution < 1.29 is 9.53 Å². The summed E-state index contributed by atoms with van der Waals surface area (Å²) in [5.41, 5.74) is -0.609. The highest BCUT2D eigenvalue weighted by atomic mass is 79.9. The lowest BCUT2D eigenvalue weighted by molar-refractivity contribution is -0.117. The maximum Gasteiger partial charge on any atom is 0.231 e. The number of hydrogen-bond donors (Lipinski definition) is 0. The Kier molecular flexibility index (Phi) is 3.19. The monoisotopic (exact) mass is 264 g/mol. The number of rotatable bonds is 2. The van der Waals surface area contributed by atoms with E-state index in [4.69, 9.17) is 16.3 Å². The highest BCUT2D eigenvalue weighted by molar-refractivity contribution is 9.11. The average Bonchev–Trinajstić information content (AvgIpc) is 2.04. The van der Waals surface area contributed by atoms with Crippen LogP contribution in [0.1, 0.15) is 13.3 Å². The van der Waals surface area contributed by atoms with Crippen molar-refractivity contribution in [3.8, 4) is 0 Å². The van der Waals surface area contributed by atoms with Gasteiger partial charge in [-0.1, -0.05) is 6.08 Å². The molecule has 0 aromatic carbocycles. The zero-order valence-corrected chi connectivity index (χ0v) is 9.78. The second-order valence-electron chi connectivity index (χ2n) is 3.16. The van der Waals surface area contributed by atoms with Crippen molar-refractivity contribution in [2.24, 2.45) is 5.41 Å². The van der Waals surface area contributed by atoms with Crippen molar-refractivity contribution in [3.63, 3.8) is 0 Å². The van der Waals surface area contributed by atoms with Crippen molar-refractivity contribution in [1.29, 1.82) is 0 Å². The molecule has 0 radical (unpaired) electrons. The Bertz CT molecular complexity index is 296. The lowest BCUT2D eigenvalue weighted by Gasteiger charge is -2.24. The van der Waals surface area contributed by atoms with Crippen LogP contribution in [-0.4, -0.2) is 12.4 Å². The molecule has 1 aliphatic carbocycles. The van der Waals surface area contributed by atoms with Crippen molar-refractivity contribution in [1.82, 2.24) is 0 Å². The molecule has 2 nitrogen and oxygen atoms in total. The molecule has 1 unspecified atom stereocenters. The first-order chi connectivity index (χ1) is 5.99. The van der Waals surface area contributed by atoms with Gasteiger partial charge < -0.3 is 4.74 Å². The molecule has 0 aromatic rings. The fraction of sp³-hybridized carbons (Fsp3) is 0.444. The molecule has 0 aromatic heterocycles. The van der Waals surface area contributed by atoms with Crippen LogP contribution in [0, 0.1) is 5.41 Å². The van der Waals surface area contributed by atoms with E-state index in [2.05, 4.69) is 15.9 Å². The number of hydrogen-bond acceptors (Lipinski definition) is 2. The molecule has 72 valence electrons. The molecule has 0 saturated carbocycles. The molecular formula is C9H10BrClO2. The summed E-state index contributed by atoms with van der Waals surface area (Å²) in [5, 5.41) is -0.351. The molecule has 13 heavy (non-hydrogen) atoms. The summed E-state index contributed by atoms with van der Waals surface area (Å²) in [5.74, 6) is 0.746. The van der Waals surface area contributed by atoms with Gasteiger partial charge >= 0.3 is 0 Å². The average molecular weight is 266 g/mol. The molecule has 0 aliphatic heterocycles. The standard InChI is InChI=1S/C9H10BrClO2/c1-9(8(11)12)4-3-7(13-2)6(10)5-9/h3,5H,4H2,1-2H3. The summed E-state index contributed by atoms with van der Waals surface area (Å²) in [6.07, 6.45) is 4.21. The van der Waals surface area contributed by atoms with E-state index in [0.29, 0.717) is 6.42 Å². The molecule has 0 heterocycles. The lowest BCUT2D eigenvalue weighted by atomic mass is 9.85. The van der Waals surface area contributed by atoms with Crippen LogP contribution >= 0.6 is 27.5 Å². The highest BCUT2D eigenvalue weighted by Crippen LogP contribution is 2.37. The molecule has 0 N–H and O–H groups in total. The quantitative estimate of drug-likeness (QED) is 0.718. The second kappa shape index (κ2) is 3.84. The fourth-order valence-corrected chi connectivity index (χ4v) is 2.09. The minimum Gasteiger partial charge on any atom is -0.496 e. The van der Waals surface area contributed by atoms with Crippen LogP contribution in [0.25, 0.3) is 0 Å². The Morgan fingerprint density at radius 3 is 2.77 bits per heavy atom. The maximum absolute atomic E-state index is 11.1. The van der Waals surface area contributed by atoms with Gasteiger partial charge in [-0.2, -0.15) is 0 Å². The van der Waals surface area contributed by atoms with Gasteiger partial charge in [0.1, 0.15) is 5.76 Å². The van der Waals surface area contributed by atoms with Crippen LogP contribution in [0.5, 0.6) is 0 Å². The Balaban J connectivity index is 2.94. The van der Waals surface area contributed by atoms with E-state index in [1.54, 1.807) is 20.1 Å². The topological polar surface area (TPSA) is 26.3 Å². The van der Waals surface area contributed by atoms with Crippen LogP contribution in [-0.2, 0) is 9.53 Å². The van der Waals surface area contributed by atoms with E-state index in [1.807, 2.05) is 6.08 Å². The van der Waals surface area contributed by atoms with Gasteiger partial charge in [0.05, 0.1) is 17.0 Å². The molecule has 1 atom stereocenters. The summed E-state index contributed by atoms with van der Waals surface area (Å²) < 4.78 is 5.84. The molecule has 0 fully saturated rings. The summed E-state index contributed by atoms with van der Waals surface area (Å²) >= 11 is 8.80. The van der Waals surface area contributed by atoms with E-state index < -0.39 is 5.41 Å². The summed E-state index contributed by atoms with van der Waals surface area (Å²) in [6, 6.07) is 0. The van der Waals surface area contributed by atoms with E-state index in [-0.39, 0.29) is 5.24 Å². The van der Waals surface area contributed by atoms with Gasteiger partial charge in [-0.3, -0.25) is 4.79 Å². The Morgan fingerprint density at radius 2 is 2.38 bits per heavy atom. The Hall–Kier alpha value is -0.280. The number of halogens is 2. The molecule has 1 rings (SSSR count). The van der Waals surface area contributed by atoms with Crippen molar-refractivity contribution >= 4 is 32.8 Å². The van der Waals surface area contributed by atoms with Crippen molar-refractivity contribution in [2.45, 2.75) is 13.3 Å². The summed E-state index contributed by atoms with van der Waals surface area (Å²) in [6.45, 7) is 1.80. The largest absolute Gasteiger partial charge is 0.496 e. The first kappa shape index (κ1) is 10.8. The van der Waals surface area contributed by atoms with Gasteiger partial charge in [-0.05, 0) is 47.0 Å².